The summed E-state index contributed by atoms with van der Waals surface area (Å²) >= 11 is 0. The SMILES string of the molecule is O=P(O)(O)O.O=c1[nH]ncc2ccccc12.O=c1[nH]ncc2ccccc12. The molecule has 0 aliphatic heterocycles. The molecule has 0 saturated carbocycles. The fourth-order valence-corrected chi connectivity index (χ4v) is 2.07. The highest BCUT2D eigenvalue weighted by Gasteiger charge is 2.00. The molecular formula is C16H15N4O6P. The monoisotopic (exact) mass is 390 g/mol. The van der Waals surface area contributed by atoms with Gasteiger partial charge in [0.15, 0.2) is 0 Å². The molecule has 11 heteroatoms. The number of aromatic amines is 2. The van der Waals surface area contributed by atoms with E-state index in [1.807, 2.05) is 36.4 Å². The highest BCUT2D eigenvalue weighted by atomic mass is 31.2. The van der Waals surface area contributed by atoms with Gasteiger partial charge in [-0.1, -0.05) is 36.4 Å². The number of rotatable bonds is 0. The quantitative estimate of drug-likeness (QED) is 0.276. The lowest BCUT2D eigenvalue weighted by Crippen LogP contribution is -2.06. The van der Waals surface area contributed by atoms with E-state index in [4.69, 9.17) is 19.2 Å². The van der Waals surface area contributed by atoms with E-state index < -0.39 is 7.82 Å². The third kappa shape index (κ3) is 6.57. The number of aromatic nitrogens is 4. The Labute approximate surface area is 151 Å². The van der Waals surface area contributed by atoms with Crippen LogP contribution in [0.4, 0.5) is 0 Å². The highest BCUT2D eigenvalue weighted by molar-refractivity contribution is 7.45. The van der Waals surface area contributed by atoms with Gasteiger partial charge in [-0.25, -0.2) is 14.8 Å². The van der Waals surface area contributed by atoms with Crippen molar-refractivity contribution in [1.82, 2.24) is 20.4 Å². The summed E-state index contributed by atoms with van der Waals surface area (Å²) in [6.45, 7) is 0. The van der Waals surface area contributed by atoms with Crippen LogP contribution in [0.2, 0.25) is 0 Å². The molecule has 140 valence electrons. The van der Waals surface area contributed by atoms with Gasteiger partial charge in [0.1, 0.15) is 0 Å². The van der Waals surface area contributed by atoms with Gasteiger partial charge in [-0.15, -0.1) is 0 Å². The Kier molecular flexibility index (Phi) is 6.69. The summed E-state index contributed by atoms with van der Waals surface area (Å²) in [7, 11) is -4.64. The number of phosphoric acid groups is 1. The normalized spacial score (nSPS) is 10.5. The third-order valence-electron chi connectivity index (χ3n) is 3.15. The summed E-state index contributed by atoms with van der Waals surface area (Å²) in [5.41, 5.74) is -0.272. The second kappa shape index (κ2) is 8.97. The van der Waals surface area contributed by atoms with E-state index in [1.165, 1.54) is 0 Å². The fourth-order valence-electron chi connectivity index (χ4n) is 2.07. The molecule has 0 aliphatic rings. The van der Waals surface area contributed by atoms with Crippen molar-refractivity contribution in [2.45, 2.75) is 0 Å². The fraction of sp³-hybridized carbons (Fsp3) is 0. The van der Waals surface area contributed by atoms with E-state index in [-0.39, 0.29) is 11.1 Å². The number of benzene rings is 2. The summed E-state index contributed by atoms with van der Waals surface area (Å²) in [5, 5.41) is 15.2. The molecule has 0 atom stereocenters. The molecule has 0 bridgehead atoms. The number of nitrogens with zero attached hydrogens (tertiary/aromatic N) is 2. The number of fused-ring (bicyclic) bond motifs is 2. The Morgan fingerprint density at radius 2 is 1.04 bits per heavy atom. The Morgan fingerprint density at radius 1 is 0.704 bits per heavy atom. The van der Waals surface area contributed by atoms with Crippen molar-refractivity contribution in [1.29, 1.82) is 0 Å². The van der Waals surface area contributed by atoms with E-state index >= 15 is 0 Å². The molecule has 2 aromatic heterocycles. The van der Waals surface area contributed by atoms with Crippen molar-refractivity contribution < 1.29 is 19.2 Å². The van der Waals surface area contributed by atoms with Crippen LogP contribution in [0.15, 0.2) is 70.5 Å². The molecule has 2 heterocycles. The van der Waals surface area contributed by atoms with E-state index in [0.29, 0.717) is 10.8 Å². The summed E-state index contributed by atoms with van der Waals surface area (Å²) in [4.78, 5) is 43.7. The van der Waals surface area contributed by atoms with Crippen molar-refractivity contribution in [2.24, 2.45) is 0 Å². The van der Waals surface area contributed by atoms with E-state index in [0.717, 1.165) is 10.8 Å². The number of hydrogen-bond acceptors (Lipinski definition) is 5. The molecule has 4 aromatic rings. The molecule has 5 N–H and O–H groups in total. The molecule has 2 aromatic carbocycles. The lowest BCUT2D eigenvalue weighted by atomic mass is 10.2. The van der Waals surface area contributed by atoms with Crippen LogP contribution < -0.4 is 11.1 Å². The third-order valence-corrected chi connectivity index (χ3v) is 3.15. The lowest BCUT2D eigenvalue weighted by molar-refractivity contribution is 0.275. The maximum absolute atomic E-state index is 11.1. The van der Waals surface area contributed by atoms with Crippen molar-refractivity contribution in [3.05, 3.63) is 81.6 Å². The minimum atomic E-state index is -4.64. The van der Waals surface area contributed by atoms with Crippen molar-refractivity contribution in [3.8, 4) is 0 Å². The molecule has 0 fully saturated rings. The first kappa shape index (κ1) is 20.1. The van der Waals surface area contributed by atoms with Gasteiger partial charge in [0, 0.05) is 21.5 Å². The average molecular weight is 390 g/mol. The largest absolute Gasteiger partial charge is 0.466 e. The zero-order valence-corrected chi connectivity index (χ0v) is 14.6. The molecule has 0 amide bonds. The van der Waals surface area contributed by atoms with E-state index in [9.17, 15) is 9.59 Å². The van der Waals surface area contributed by atoms with Crippen LogP contribution in [0.25, 0.3) is 21.5 Å². The van der Waals surface area contributed by atoms with E-state index in [1.54, 1.807) is 24.5 Å². The van der Waals surface area contributed by atoms with Gasteiger partial charge in [0.05, 0.1) is 12.4 Å². The van der Waals surface area contributed by atoms with Crippen LogP contribution in [0.5, 0.6) is 0 Å². The summed E-state index contributed by atoms with van der Waals surface area (Å²) in [6.07, 6.45) is 3.27. The predicted molar refractivity (Wildman–Crippen MR) is 99.0 cm³/mol. The Hall–Kier alpha value is -3.17. The van der Waals surface area contributed by atoms with Crippen LogP contribution in [-0.2, 0) is 4.57 Å². The first-order chi connectivity index (χ1) is 12.8. The van der Waals surface area contributed by atoms with Gasteiger partial charge in [-0.3, -0.25) is 9.59 Å². The summed E-state index contributed by atoms with van der Waals surface area (Å²) in [6, 6.07) is 14.7. The van der Waals surface area contributed by atoms with Gasteiger partial charge in [0.2, 0.25) is 0 Å². The molecule has 0 unspecified atom stereocenters. The Balaban J connectivity index is 0.000000157. The second-order valence-electron chi connectivity index (χ2n) is 5.09. The summed E-state index contributed by atoms with van der Waals surface area (Å²) < 4.78 is 8.88. The molecule has 0 aliphatic carbocycles. The van der Waals surface area contributed by atoms with Crippen LogP contribution in [0.1, 0.15) is 0 Å². The molecule has 0 radical (unpaired) electrons. The van der Waals surface area contributed by atoms with Crippen molar-refractivity contribution in [3.63, 3.8) is 0 Å². The van der Waals surface area contributed by atoms with Crippen LogP contribution in [0, 0.1) is 0 Å². The zero-order valence-electron chi connectivity index (χ0n) is 13.7. The topological polar surface area (TPSA) is 169 Å². The molecule has 0 saturated heterocycles. The maximum atomic E-state index is 11.1. The molecule has 27 heavy (non-hydrogen) atoms. The molecule has 4 rings (SSSR count). The first-order valence-electron chi connectivity index (χ1n) is 7.39. The molecular weight excluding hydrogens is 375 g/mol. The van der Waals surface area contributed by atoms with Gasteiger partial charge in [0.25, 0.3) is 11.1 Å². The van der Waals surface area contributed by atoms with E-state index in [2.05, 4.69) is 20.4 Å². The van der Waals surface area contributed by atoms with Gasteiger partial charge >= 0.3 is 7.82 Å². The molecule has 10 nitrogen and oxygen atoms in total. The van der Waals surface area contributed by atoms with Gasteiger partial charge < -0.3 is 14.7 Å². The predicted octanol–water partition coefficient (Wildman–Crippen LogP) is 0.918. The lowest BCUT2D eigenvalue weighted by Gasteiger charge is -1.91. The van der Waals surface area contributed by atoms with Gasteiger partial charge in [-0.05, 0) is 12.1 Å². The summed E-state index contributed by atoms with van der Waals surface area (Å²) in [5.74, 6) is 0. The Morgan fingerprint density at radius 3 is 1.37 bits per heavy atom. The standard InChI is InChI=1S/2C8H6N2O.H3O4P/c2*11-8-7-4-2-1-3-6(7)5-9-10-8;1-5(2,3)4/h2*1-5H,(H,10,11);(H3,1,2,3,4). The maximum Gasteiger partial charge on any atom is 0.466 e. The van der Waals surface area contributed by atoms with Crippen LogP contribution >= 0.6 is 7.82 Å². The second-order valence-corrected chi connectivity index (χ2v) is 6.11. The highest BCUT2D eigenvalue weighted by Crippen LogP contribution is 2.25. The van der Waals surface area contributed by atoms with Gasteiger partial charge in [-0.2, -0.15) is 10.2 Å². The van der Waals surface area contributed by atoms with Crippen LogP contribution in [-0.4, -0.2) is 35.1 Å². The minimum Gasteiger partial charge on any atom is -0.303 e. The number of H-pyrrole nitrogens is 2. The number of hydrogen-bond donors (Lipinski definition) is 5. The van der Waals surface area contributed by atoms with Crippen molar-refractivity contribution in [2.75, 3.05) is 0 Å². The minimum absolute atomic E-state index is 0.136. The zero-order chi connectivity index (χ0) is 19.9. The average Bonchev–Trinajstić information content (AvgIpc) is 2.62. The first-order valence-corrected chi connectivity index (χ1v) is 8.95. The smallest absolute Gasteiger partial charge is 0.303 e. The van der Waals surface area contributed by atoms with Crippen LogP contribution in [0.3, 0.4) is 0 Å². The van der Waals surface area contributed by atoms with Crippen molar-refractivity contribution >= 4 is 29.4 Å². The number of nitrogens with one attached hydrogen (secondary N) is 2. The molecule has 0 spiro atoms. The Bertz CT molecular complexity index is 1100.